The number of anilines is 1. The van der Waals surface area contributed by atoms with Crippen molar-refractivity contribution >= 4 is 17.6 Å². The summed E-state index contributed by atoms with van der Waals surface area (Å²) in [6.45, 7) is 6.62. The van der Waals surface area contributed by atoms with Gasteiger partial charge in [-0.05, 0) is 37.2 Å². The standard InChI is InChI=1S/C22H28FN5O2/c1-13(29)26-15-6-4-5-14(7-15)21(30)27-20-8-16(18(23)11-24-20)17-10-25-28-12-22(2,3)9-19(17)28/h8,10-11,14-15H,4-7,9,12H2,1-3H3,(H,26,29)(H,24,27,30)/t14-,15-/m1/s1. The highest BCUT2D eigenvalue weighted by Crippen LogP contribution is 2.38. The Balaban J connectivity index is 1.51. The van der Waals surface area contributed by atoms with Gasteiger partial charge >= 0.3 is 0 Å². The van der Waals surface area contributed by atoms with Crippen molar-refractivity contribution in [3.8, 4) is 11.1 Å². The van der Waals surface area contributed by atoms with Gasteiger partial charge in [0, 0.05) is 42.2 Å². The van der Waals surface area contributed by atoms with Crippen LogP contribution in [-0.2, 0) is 22.6 Å². The summed E-state index contributed by atoms with van der Waals surface area (Å²) in [5, 5.41) is 10.2. The summed E-state index contributed by atoms with van der Waals surface area (Å²) < 4.78 is 16.5. The Hall–Kier alpha value is -2.77. The van der Waals surface area contributed by atoms with Crippen molar-refractivity contribution < 1.29 is 14.0 Å². The Bertz CT molecular complexity index is 984. The molecule has 8 heteroatoms. The van der Waals surface area contributed by atoms with Crippen LogP contribution in [0.2, 0.25) is 0 Å². The number of nitrogens with one attached hydrogen (secondary N) is 2. The van der Waals surface area contributed by atoms with E-state index < -0.39 is 5.82 Å². The second kappa shape index (κ2) is 7.81. The smallest absolute Gasteiger partial charge is 0.228 e. The highest BCUT2D eigenvalue weighted by Gasteiger charge is 2.32. The van der Waals surface area contributed by atoms with Gasteiger partial charge in [-0.3, -0.25) is 14.3 Å². The number of aromatic nitrogens is 3. The summed E-state index contributed by atoms with van der Waals surface area (Å²) in [7, 11) is 0. The number of halogens is 1. The van der Waals surface area contributed by atoms with E-state index in [2.05, 4.69) is 34.6 Å². The van der Waals surface area contributed by atoms with Gasteiger partial charge in [0.05, 0.1) is 12.4 Å². The molecule has 0 bridgehead atoms. The van der Waals surface area contributed by atoms with Gasteiger partial charge < -0.3 is 10.6 Å². The van der Waals surface area contributed by atoms with Crippen LogP contribution in [0.5, 0.6) is 0 Å². The Labute approximate surface area is 175 Å². The average Bonchev–Trinajstić information content (AvgIpc) is 3.18. The molecular weight excluding hydrogens is 385 g/mol. The second-order valence-electron chi connectivity index (χ2n) is 9.30. The van der Waals surface area contributed by atoms with Crippen LogP contribution in [0.15, 0.2) is 18.5 Å². The minimum Gasteiger partial charge on any atom is -0.354 e. The molecule has 2 N–H and O–H groups in total. The molecule has 160 valence electrons. The molecule has 2 atom stereocenters. The molecule has 2 aromatic heterocycles. The number of nitrogens with zero attached hydrogens (tertiary/aromatic N) is 3. The highest BCUT2D eigenvalue weighted by molar-refractivity contribution is 5.92. The van der Waals surface area contributed by atoms with E-state index in [1.54, 1.807) is 12.3 Å². The number of pyridine rings is 1. The maximum absolute atomic E-state index is 14.6. The van der Waals surface area contributed by atoms with Gasteiger partial charge in [0.2, 0.25) is 11.8 Å². The summed E-state index contributed by atoms with van der Waals surface area (Å²) in [5.41, 5.74) is 2.25. The van der Waals surface area contributed by atoms with E-state index in [0.717, 1.165) is 49.7 Å². The zero-order valence-corrected chi connectivity index (χ0v) is 17.7. The number of carbonyl (C=O) groups is 2. The number of hydrogen-bond donors (Lipinski definition) is 2. The fourth-order valence-corrected chi connectivity index (χ4v) is 4.66. The molecule has 2 amide bonds. The SMILES string of the molecule is CC(=O)N[C@@H]1CCC[C@@H](C(=O)Nc2cc(-c3cnn4c3CC(C)(C)C4)c(F)cn2)C1. The van der Waals surface area contributed by atoms with Crippen LogP contribution in [0.25, 0.3) is 11.1 Å². The summed E-state index contributed by atoms with van der Waals surface area (Å²) >= 11 is 0. The van der Waals surface area contributed by atoms with Crippen LogP contribution < -0.4 is 10.6 Å². The van der Waals surface area contributed by atoms with Gasteiger partial charge in [0.1, 0.15) is 11.6 Å². The number of fused-ring (bicyclic) bond motifs is 1. The van der Waals surface area contributed by atoms with Crippen molar-refractivity contribution in [1.29, 1.82) is 0 Å². The van der Waals surface area contributed by atoms with Crippen LogP contribution in [0.4, 0.5) is 10.2 Å². The Morgan fingerprint density at radius 1 is 1.23 bits per heavy atom. The molecule has 0 saturated heterocycles. The molecular formula is C22H28FN5O2. The number of hydrogen-bond acceptors (Lipinski definition) is 4. The van der Waals surface area contributed by atoms with Gasteiger partial charge in [-0.15, -0.1) is 0 Å². The summed E-state index contributed by atoms with van der Waals surface area (Å²) in [6.07, 6.45) is 6.78. The molecule has 1 fully saturated rings. The Kier molecular flexibility index (Phi) is 5.34. The lowest BCUT2D eigenvalue weighted by molar-refractivity contribution is -0.123. The van der Waals surface area contributed by atoms with E-state index in [-0.39, 0.29) is 29.2 Å². The first-order valence-corrected chi connectivity index (χ1v) is 10.5. The normalized spacial score (nSPS) is 22.4. The van der Waals surface area contributed by atoms with Gasteiger partial charge in [0.25, 0.3) is 0 Å². The predicted molar refractivity (Wildman–Crippen MR) is 111 cm³/mol. The highest BCUT2D eigenvalue weighted by atomic mass is 19.1. The van der Waals surface area contributed by atoms with Crippen molar-refractivity contribution in [2.24, 2.45) is 11.3 Å². The second-order valence-corrected chi connectivity index (χ2v) is 9.30. The molecule has 2 aromatic rings. The fraction of sp³-hybridized carbons (Fsp3) is 0.545. The Morgan fingerprint density at radius 3 is 2.80 bits per heavy atom. The third-order valence-electron chi connectivity index (χ3n) is 6.02. The minimum absolute atomic E-state index is 0.0158. The molecule has 30 heavy (non-hydrogen) atoms. The van der Waals surface area contributed by atoms with Gasteiger partial charge in [0.15, 0.2) is 0 Å². The lowest BCUT2D eigenvalue weighted by Crippen LogP contribution is -2.40. The van der Waals surface area contributed by atoms with Gasteiger partial charge in [-0.1, -0.05) is 20.3 Å². The van der Waals surface area contributed by atoms with E-state index in [0.29, 0.717) is 17.8 Å². The molecule has 1 aliphatic carbocycles. The summed E-state index contributed by atoms with van der Waals surface area (Å²) in [4.78, 5) is 28.2. The van der Waals surface area contributed by atoms with E-state index in [9.17, 15) is 14.0 Å². The first-order valence-electron chi connectivity index (χ1n) is 10.5. The fourth-order valence-electron chi connectivity index (χ4n) is 4.66. The van der Waals surface area contributed by atoms with Crippen LogP contribution in [0.1, 0.15) is 52.1 Å². The van der Waals surface area contributed by atoms with Crippen LogP contribution in [0, 0.1) is 17.2 Å². The largest absolute Gasteiger partial charge is 0.354 e. The first-order chi connectivity index (χ1) is 14.2. The van der Waals surface area contributed by atoms with Crippen LogP contribution >= 0.6 is 0 Å². The van der Waals surface area contributed by atoms with E-state index in [1.165, 1.54) is 6.92 Å². The van der Waals surface area contributed by atoms with E-state index in [4.69, 9.17) is 0 Å². The minimum atomic E-state index is -0.433. The predicted octanol–water partition coefficient (Wildman–Crippen LogP) is 3.30. The molecule has 0 aromatic carbocycles. The average molecular weight is 413 g/mol. The third-order valence-corrected chi connectivity index (χ3v) is 6.02. The zero-order chi connectivity index (χ0) is 21.5. The van der Waals surface area contributed by atoms with Gasteiger partial charge in [-0.25, -0.2) is 9.37 Å². The molecule has 2 aliphatic rings. The summed E-state index contributed by atoms with van der Waals surface area (Å²) in [6, 6.07) is 1.60. The maximum atomic E-state index is 14.6. The molecule has 0 radical (unpaired) electrons. The zero-order valence-electron chi connectivity index (χ0n) is 17.7. The summed E-state index contributed by atoms with van der Waals surface area (Å²) in [5.74, 6) is -0.529. The number of carbonyl (C=O) groups excluding carboxylic acids is 2. The quantitative estimate of drug-likeness (QED) is 0.805. The van der Waals surface area contributed by atoms with Crippen molar-refractivity contribution in [3.05, 3.63) is 30.0 Å². The molecule has 0 spiro atoms. The number of rotatable bonds is 4. The maximum Gasteiger partial charge on any atom is 0.228 e. The molecule has 1 saturated carbocycles. The monoisotopic (exact) mass is 413 g/mol. The lowest BCUT2D eigenvalue weighted by Gasteiger charge is -2.28. The van der Waals surface area contributed by atoms with Gasteiger partial charge in [-0.2, -0.15) is 5.10 Å². The lowest BCUT2D eigenvalue weighted by atomic mass is 9.85. The third kappa shape index (κ3) is 4.22. The van der Waals surface area contributed by atoms with E-state index >= 15 is 0 Å². The van der Waals surface area contributed by atoms with Crippen molar-refractivity contribution in [1.82, 2.24) is 20.1 Å². The van der Waals surface area contributed by atoms with Crippen LogP contribution in [0.3, 0.4) is 0 Å². The first kappa shape index (κ1) is 20.5. The molecule has 1 aliphatic heterocycles. The number of amides is 2. The van der Waals surface area contributed by atoms with E-state index in [1.807, 2.05) is 4.68 Å². The Morgan fingerprint density at radius 2 is 2.03 bits per heavy atom. The molecule has 4 rings (SSSR count). The topological polar surface area (TPSA) is 88.9 Å². The molecule has 0 unspecified atom stereocenters. The van der Waals surface area contributed by atoms with Crippen molar-refractivity contribution in [3.63, 3.8) is 0 Å². The van der Waals surface area contributed by atoms with Crippen LogP contribution in [-0.4, -0.2) is 32.6 Å². The van der Waals surface area contributed by atoms with Crippen molar-refractivity contribution in [2.45, 2.75) is 65.5 Å². The molecule has 3 heterocycles. The van der Waals surface area contributed by atoms with Crippen molar-refractivity contribution in [2.75, 3.05) is 5.32 Å². The molecule has 7 nitrogen and oxygen atoms in total.